The lowest BCUT2D eigenvalue weighted by Gasteiger charge is -2.18. The highest BCUT2D eigenvalue weighted by atomic mass is 16.5. The molecule has 2 N–H and O–H groups in total. The molecule has 1 aliphatic heterocycles. The molecule has 2 amide bonds. The van der Waals surface area contributed by atoms with Gasteiger partial charge in [-0.05, 0) is 31.0 Å². The van der Waals surface area contributed by atoms with Crippen LogP contribution in [0.5, 0.6) is 11.5 Å². The molecular formula is C15H18N2O4. The fourth-order valence-electron chi connectivity index (χ4n) is 2.30. The van der Waals surface area contributed by atoms with Gasteiger partial charge < -0.3 is 20.1 Å². The minimum atomic E-state index is -0.942. The van der Waals surface area contributed by atoms with Crippen LogP contribution in [0, 0.1) is 0 Å². The smallest absolute Gasteiger partial charge is 0.409 e. The third kappa shape index (κ3) is 3.34. The van der Waals surface area contributed by atoms with Crippen molar-refractivity contribution in [2.75, 3.05) is 20.2 Å². The van der Waals surface area contributed by atoms with Crippen LogP contribution in [0.25, 0.3) is 5.57 Å². The third-order valence-electron chi connectivity index (χ3n) is 3.37. The van der Waals surface area contributed by atoms with Gasteiger partial charge in [0.2, 0.25) is 0 Å². The SMILES string of the molecule is C=C(C(=O)N1CCCC1)c1cc(OC)ccc1OC(N)=O. The minimum Gasteiger partial charge on any atom is -0.497 e. The first-order valence-corrected chi connectivity index (χ1v) is 6.67. The van der Waals surface area contributed by atoms with E-state index in [1.165, 1.54) is 13.2 Å². The van der Waals surface area contributed by atoms with E-state index in [0.29, 0.717) is 24.4 Å². The van der Waals surface area contributed by atoms with Gasteiger partial charge in [-0.25, -0.2) is 4.79 Å². The highest BCUT2D eigenvalue weighted by molar-refractivity contribution is 6.19. The molecule has 0 aromatic heterocycles. The normalized spacial score (nSPS) is 13.9. The Morgan fingerprint density at radius 3 is 2.52 bits per heavy atom. The maximum Gasteiger partial charge on any atom is 0.409 e. The van der Waals surface area contributed by atoms with Crippen LogP contribution in [0.1, 0.15) is 18.4 Å². The van der Waals surface area contributed by atoms with E-state index in [2.05, 4.69) is 6.58 Å². The molecule has 0 spiro atoms. The van der Waals surface area contributed by atoms with Gasteiger partial charge in [0.1, 0.15) is 11.5 Å². The quantitative estimate of drug-likeness (QED) is 0.857. The van der Waals surface area contributed by atoms with Crippen LogP contribution in [0.4, 0.5) is 4.79 Å². The highest BCUT2D eigenvalue weighted by Gasteiger charge is 2.24. The van der Waals surface area contributed by atoms with Gasteiger partial charge in [-0.15, -0.1) is 0 Å². The van der Waals surface area contributed by atoms with E-state index < -0.39 is 6.09 Å². The molecule has 0 aliphatic carbocycles. The van der Waals surface area contributed by atoms with E-state index in [0.717, 1.165) is 12.8 Å². The maximum atomic E-state index is 12.4. The predicted octanol–water partition coefficient (Wildman–Crippen LogP) is 1.79. The van der Waals surface area contributed by atoms with Crippen molar-refractivity contribution < 1.29 is 19.1 Å². The van der Waals surface area contributed by atoms with E-state index in [1.54, 1.807) is 17.0 Å². The first-order valence-electron chi connectivity index (χ1n) is 6.67. The average molecular weight is 290 g/mol. The number of amides is 2. The number of methoxy groups -OCH3 is 1. The molecule has 1 fully saturated rings. The standard InChI is InChI=1S/C15H18N2O4/c1-10(14(18)17-7-3-4-8-17)12-9-11(20-2)5-6-13(12)21-15(16)19/h5-6,9H,1,3-4,7-8H2,2H3,(H2,16,19). The summed E-state index contributed by atoms with van der Waals surface area (Å²) in [7, 11) is 1.51. The first-order chi connectivity index (χ1) is 10.0. The summed E-state index contributed by atoms with van der Waals surface area (Å²) in [6, 6.07) is 4.76. The first kappa shape index (κ1) is 14.9. The topological polar surface area (TPSA) is 81.9 Å². The molecule has 2 rings (SSSR count). The zero-order valence-corrected chi connectivity index (χ0v) is 11.9. The molecule has 1 saturated heterocycles. The van der Waals surface area contributed by atoms with Gasteiger partial charge in [0.15, 0.2) is 0 Å². The zero-order chi connectivity index (χ0) is 15.4. The van der Waals surface area contributed by atoms with Crippen molar-refractivity contribution in [3.8, 4) is 11.5 Å². The van der Waals surface area contributed by atoms with Gasteiger partial charge >= 0.3 is 6.09 Å². The van der Waals surface area contributed by atoms with Gasteiger partial charge in [-0.2, -0.15) is 0 Å². The number of carbonyl (C=O) groups is 2. The van der Waals surface area contributed by atoms with E-state index in [1.807, 2.05) is 0 Å². The molecule has 1 aromatic rings. The number of nitrogens with two attached hydrogens (primary N) is 1. The second kappa shape index (κ2) is 6.30. The van der Waals surface area contributed by atoms with Crippen molar-refractivity contribution in [1.82, 2.24) is 4.90 Å². The van der Waals surface area contributed by atoms with Crippen LogP contribution in [0.15, 0.2) is 24.8 Å². The summed E-state index contributed by atoms with van der Waals surface area (Å²) in [6.07, 6.45) is 1.03. The van der Waals surface area contributed by atoms with Gasteiger partial charge in [-0.3, -0.25) is 4.79 Å². The van der Waals surface area contributed by atoms with Gasteiger partial charge in [0.25, 0.3) is 5.91 Å². The summed E-state index contributed by atoms with van der Waals surface area (Å²) >= 11 is 0. The van der Waals surface area contributed by atoms with Gasteiger partial charge in [0, 0.05) is 24.2 Å². The Kier molecular flexibility index (Phi) is 4.47. The molecule has 112 valence electrons. The van der Waals surface area contributed by atoms with Crippen LogP contribution in [-0.2, 0) is 4.79 Å². The largest absolute Gasteiger partial charge is 0.497 e. The predicted molar refractivity (Wildman–Crippen MR) is 78.1 cm³/mol. The Morgan fingerprint density at radius 2 is 1.95 bits per heavy atom. The molecule has 1 aliphatic rings. The molecular weight excluding hydrogens is 272 g/mol. The van der Waals surface area contributed by atoms with Crippen molar-refractivity contribution in [3.63, 3.8) is 0 Å². The fraction of sp³-hybridized carbons (Fsp3) is 0.333. The molecule has 0 saturated carbocycles. The van der Waals surface area contributed by atoms with Crippen molar-refractivity contribution in [3.05, 3.63) is 30.3 Å². The number of carbonyl (C=O) groups excluding carboxylic acids is 2. The molecule has 1 heterocycles. The van der Waals surface area contributed by atoms with Crippen molar-refractivity contribution in [1.29, 1.82) is 0 Å². The zero-order valence-electron chi connectivity index (χ0n) is 11.9. The number of hydrogen-bond acceptors (Lipinski definition) is 4. The number of likely N-dealkylation sites (tertiary alicyclic amines) is 1. The Labute approximate surface area is 123 Å². The summed E-state index contributed by atoms with van der Waals surface area (Å²) in [5, 5.41) is 0. The second-order valence-corrected chi connectivity index (χ2v) is 4.76. The number of rotatable bonds is 4. The van der Waals surface area contributed by atoms with Crippen LogP contribution in [-0.4, -0.2) is 37.1 Å². The van der Waals surface area contributed by atoms with Crippen molar-refractivity contribution >= 4 is 17.6 Å². The lowest BCUT2D eigenvalue weighted by molar-refractivity contribution is -0.124. The molecule has 6 nitrogen and oxygen atoms in total. The third-order valence-corrected chi connectivity index (χ3v) is 3.37. The van der Waals surface area contributed by atoms with Crippen molar-refractivity contribution in [2.45, 2.75) is 12.8 Å². The van der Waals surface area contributed by atoms with E-state index in [9.17, 15) is 9.59 Å². The Bertz CT molecular complexity index is 577. The van der Waals surface area contributed by atoms with Crippen LogP contribution in [0.2, 0.25) is 0 Å². The minimum absolute atomic E-state index is 0.171. The molecule has 0 bridgehead atoms. The molecule has 0 atom stereocenters. The van der Waals surface area contributed by atoms with E-state index in [4.69, 9.17) is 15.2 Å². The number of ether oxygens (including phenoxy) is 2. The summed E-state index contributed by atoms with van der Waals surface area (Å²) in [6.45, 7) is 5.27. The highest BCUT2D eigenvalue weighted by Crippen LogP contribution is 2.31. The molecule has 21 heavy (non-hydrogen) atoms. The van der Waals surface area contributed by atoms with Crippen LogP contribution >= 0.6 is 0 Å². The Hall–Kier alpha value is -2.50. The second-order valence-electron chi connectivity index (χ2n) is 4.76. The maximum absolute atomic E-state index is 12.4. The van der Waals surface area contributed by atoms with Gasteiger partial charge in [0.05, 0.1) is 7.11 Å². The summed E-state index contributed by atoms with van der Waals surface area (Å²) in [5.41, 5.74) is 5.71. The van der Waals surface area contributed by atoms with E-state index in [-0.39, 0.29) is 17.2 Å². The number of hydrogen-bond donors (Lipinski definition) is 1. The van der Waals surface area contributed by atoms with Crippen LogP contribution < -0.4 is 15.2 Å². The van der Waals surface area contributed by atoms with E-state index >= 15 is 0 Å². The Balaban J connectivity index is 2.32. The molecule has 0 unspecified atom stereocenters. The average Bonchev–Trinajstić information content (AvgIpc) is 2.99. The van der Waals surface area contributed by atoms with Crippen LogP contribution in [0.3, 0.4) is 0 Å². The number of primary amides is 1. The lowest BCUT2D eigenvalue weighted by Crippen LogP contribution is -2.28. The number of nitrogens with zero attached hydrogens (tertiary/aromatic N) is 1. The molecule has 1 aromatic carbocycles. The Morgan fingerprint density at radius 1 is 1.29 bits per heavy atom. The summed E-state index contributed by atoms with van der Waals surface area (Å²) < 4.78 is 10.1. The summed E-state index contributed by atoms with van der Waals surface area (Å²) in [4.78, 5) is 25.1. The molecule has 0 radical (unpaired) electrons. The monoisotopic (exact) mass is 290 g/mol. The van der Waals surface area contributed by atoms with Crippen molar-refractivity contribution in [2.24, 2.45) is 5.73 Å². The fourth-order valence-corrected chi connectivity index (χ4v) is 2.30. The number of benzene rings is 1. The van der Waals surface area contributed by atoms with Gasteiger partial charge in [-0.1, -0.05) is 6.58 Å². The summed E-state index contributed by atoms with van der Waals surface area (Å²) in [5.74, 6) is 0.563. The molecule has 6 heteroatoms. The lowest BCUT2D eigenvalue weighted by atomic mass is 10.0.